The molecule has 152 valence electrons. The lowest BCUT2D eigenvalue weighted by molar-refractivity contribution is 0.446. The normalized spacial score (nSPS) is 13.0. The first-order chi connectivity index (χ1) is 13.5. The van der Waals surface area contributed by atoms with Crippen molar-refractivity contribution in [2.24, 2.45) is 0 Å². The summed E-state index contributed by atoms with van der Waals surface area (Å²) < 4.78 is 16.4. The summed E-state index contributed by atoms with van der Waals surface area (Å²) in [6, 6.07) is 11.7. The van der Waals surface area contributed by atoms with Gasteiger partial charge in [0, 0.05) is 34.4 Å². The highest BCUT2D eigenvalue weighted by atomic mass is 35.5. The highest BCUT2D eigenvalue weighted by Crippen LogP contribution is 2.39. The largest absolute Gasteiger partial charge is 0.358 e. The fourth-order valence-electron chi connectivity index (χ4n) is 4.73. The molecule has 0 atom stereocenters. The van der Waals surface area contributed by atoms with Crippen molar-refractivity contribution in [3.8, 4) is 0 Å². The van der Waals surface area contributed by atoms with Crippen molar-refractivity contribution in [3.05, 3.63) is 70.3 Å². The summed E-state index contributed by atoms with van der Waals surface area (Å²) in [6.07, 6.45) is 1.93. The third-order valence-electron chi connectivity index (χ3n) is 5.94. The van der Waals surface area contributed by atoms with Crippen molar-refractivity contribution in [1.82, 2.24) is 9.55 Å². The third kappa shape index (κ3) is 3.26. The van der Waals surface area contributed by atoms with Crippen molar-refractivity contribution >= 4 is 33.4 Å². The van der Waals surface area contributed by atoms with Gasteiger partial charge < -0.3 is 9.55 Å². The zero-order chi connectivity index (χ0) is 21.1. The second-order valence-electron chi connectivity index (χ2n) is 9.74. The van der Waals surface area contributed by atoms with E-state index in [1.165, 1.54) is 22.6 Å². The Morgan fingerprint density at radius 1 is 1.03 bits per heavy atom. The fourth-order valence-corrected chi connectivity index (χ4v) is 4.98. The molecule has 2 nitrogen and oxygen atoms in total. The first kappa shape index (κ1) is 20.0. The Hall–Kier alpha value is -2.26. The van der Waals surface area contributed by atoms with Crippen LogP contribution in [0.2, 0.25) is 5.15 Å². The molecule has 0 saturated heterocycles. The Bertz CT molecular complexity index is 1220. The van der Waals surface area contributed by atoms with E-state index >= 15 is 0 Å². The van der Waals surface area contributed by atoms with Gasteiger partial charge in [0.2, 0.25) is 0 Å². The van der Waals surface area contributed by atoms with Gasteiger partial charge in [-0.25, -0.2) is 4.39 Å². The maximum Gasteiger partial charge on any atom is 0.147 e. The van der Waals surface area contributed by atoms with Gasteiger partial charge in [-0.15, -0.1) is 0 Å². The number of aromatic nitrogens is 2. The van der Waals surface area contributed by atoms with E-state index in [1.54, 1.807) is 6.07 Å². The van der Waals surface area contributed by atoms with E-state index in [-0.39, 0.29) is 16.6 Å². The monoisotopic (exact) mass is 410 g/mol. The van der Waals surface area contributed by atoms with Gasteiger partial charge in [0.05, 0.1) is 5.52 Å². The second kappa shape index (κ2) is 6.63. The number of nitrogens with one attached hydrogen (secondary N) is 1. The minimum atomic E-state index is -0.242. The summed E-state index contributed by atoms with van der Waals surface area (Å²) in [7, 11) is 0. The molecule has 4 aromatic rings. The van der Waals surface area contributed by atoms with Crippen molar-refractivity contribution in [1.29, 1.82) is 0 Å². The summed E-state index contributed by atoms with van der Waals surface area (Å²) in [6.45, 7) is 13.9. The topological polar surface area (TPSA) is 20.7 Å². The molecular formula is C25H28ClFN2. The van der Waals surface area contributed by atoms with Gasteiger partial charge >= 0.3 is 0 Å². The average Bonchev–Trinajstić information content (AvgIpc) is 3.17. The molecular weight excluding hydrogens is 383 g/mol. The van der Waals surface area contributed by atoms with Crippen molar-refractivity contribution in [3.63, 3.8) is 0 Å². The van der Waals surface area contributed by atoms with Crippen LogP contribution in [0.5, 0.6) is 0 Å². The number of hydrogen-bond acceptors (Lipinski definition) is 0. The minimum Gasteiger partial charge on any atom is -0.358 e. The van der Waals surface area contributed by atoms with Gasteiger partial charge in [-0.1, -0.05) is 64.4 Å². The van der Waals surface area contributed by atoms with Gasteiger partial charge in [0.15, 0.2) is 0 Å². The molecule has 1 N–H and O–H groups in total. The number of H-pyrrole nitrogens is 1. The van der Waals surface area contributed by atoms with E-state index in [1.807, 2.05) is 12.3 Å². The van der Waals surface area contributed by atoms with Crippen LogP contribution in [0, 0.1) is 12.7 Å². The van der Waals surface area contributed by atoms with Crippen molar-refractivity contribution in [2.45, 2.75) is 58.9 Å². The molecule has 0 aliphatic heterocycles. The van der Waals surface area contributed by atoms with E-state index in [9.17, 15) is 4.39 Å². The predicted molar refractivity (Wildman–Crippen MR) is 122 cm³/mol. The Morgan fingerprint density at radius 2 is 1.76 bits per heavy atom. The summed E-state index contributed by atoms with van der Waals surface area (Å²) in [5.74, 6) is -0.223. The highest BCUT2D eigenvalue weighted by molar-refractivity contribution is 6.31. The molecule has 29 heavy (non-hydrogen) atoms. The molecule has 4 rings (SSSR count). The standard InChI is InChI=1S/C25H28ClFN2/c1-15-10-11-20-17(22(15)24(2,3)4)12-21(26)29(20)14-25(5,6)18-13-28-23-16(18)8-7-9-19(23)27/h7-13,28H,14H2,1-6H3. The van der Waals surface area contributed by atoms with Crippen LogP contribution < -0.4 is 0 Å². The zero-order valence-electron chi connectivity index (χ0n) is 18.0. The average molecular weight is 411 g/mol. The van der Waals surface area contributed by atoms with Crippen LogP contribution >= 0.6 is 11.6 Å². The molecule has 4 heteroatoms. The second-order valence-corrected chi connectivity index (χ2v) is 10.1. The Labute approximate surface area is 176 Å². The Balaban J connectivity index is 1.85. The molecule has 0 radical (unpaired) electrons. The van der Waals surface area contributed by atoms with Crippen LogP contribution in [0.25, 0.3) is 21.8 Å². The number of para-hydroxylation sites is 1. The third-order valence-corrected chi connectivity index (χ3v) is 6.25. The lowest BCUT2D eigenvalue weighted by Crippen LogP contribution is -2.24. The molecule has 0 fully saturated rings. The van der Waals surface area contributed by atoms with Crippen LogP contribution in [0.3, 0.4) is 0 Å². The van der Waals surface area contributed by atoms with Gasteiger partial charge in [0.25, 0.3) is 0 Å². The van der Waals surface area contributed by atoms with E-state index < -0.39 is 0 Å². The quantitative estimate of drug-likeness (QED) is 0.361. The molecule has 0 aliphatic rings. The lowest BCUT2D eigenvalue weighted by atomic mass is 9.82. The van der Waals surface area contributed by atoms with Crippen molar-refractivity contribution < 1.29 is 4.39 Å². The number of nitrogens with zero attached hydrogens (tertiary/aromatic N) is 1. The molecule has 2 heterocycles. The minimum absolute atomic E-state index is 0.0307. The molecule has 0 bridgehead atoms. The smallest absolute Gasteiger partial charge is 0.147 e. The van der Waals surface area contributed by atoms with Crippen LogP contribution in [0.4, 0.5) is 4.39 Å². The number of fused-ring (bicyclic) bond motifs is 2. The van der Waals surface area contributed by atoms with Gasteiger partial charge in [-0.3, -0.25) is 0 Å². The summed E-state index contributed by atoms with van der Waals surface area (Å²) in [5.41, 5.74) is 5.20. The van der Waals surface area contributed by atoms with Crippen molar-refractivity contribution in [2.75, 3.05) is 0 Å². The number of aryl methyl sites for hydroxylation is 1. The number of benzene rings is 2. The first-order valence-electron chi connectivity index (χ1n) is 10.1. The molecule has 0 saturated carbocycles. The lowest BCUT2D eigenvalue weighted by Gasteiger charge is -2.27. The summed E-state index contributed by atoms with van der Waals surface area (Å²) in [4.78, 5) is 3.11. The molecule has 0 amide bonds. The fraction of sp³-hybridized carbons (Fsp3) is 0.360. The highest BCUT2D eigenvalue weighted by Gasteiger charge is 2.28. The van der Waals surface area contributed by atoms with E-state index in [0.29, 0.717) is 12.1 Å². The van der Waals surface area contributed by atoms with Crippen LogP contribution in [0.15, 0.2) is 42.6 Å². The van der Waals surface area contributed by atoms with E-state index in [4.69, 9.17) is 11.6 Å². The Kier molecular flexibility index (Phi) is 4.58. The maximum absolute atomic E-state index is 14.2. The van der Waals surface area contributed by atoms with Gasteiger partial charge in [-0.2, -0.15) is 0 Å². The Morgan fingerprint density at radius 3 is 2.45 bits per heavy atom. The first-order valence-corrected chi connectivity index (χ1v) is 10.4. The maximum atomic E-state index is 14.2. The summed E-state index contributed by atoms with van der Waals surface area (Å²) in [5, 5.41) is 2.87. The zero-order valence-corrected chi connectivity index (χ0v) is 18.7. The SMILES string of the molecule is Cc1ccc2c(cc(Cl)n2CC(C)(C)c2c[nH]c3c(F)cccc23)c1C(C)(C)C. The van der Waals surface area contributed by atoms with Crippen LogP contribution in [-0.2, 0) is 17.4 Å². The molecule has 0 unspecified atom stereocenters. The predicted octanol–water partition coefficient (Wildman–Crippen LogP) is 7.50. The van der Waals surface area contributed by atoms with Crippen LogP contribution in [0.1, 0.15) is 51.3 Å². The molecule has 2 aromatic carbocycles. The van der Waals surface area contributed by atoms with Gasteiger partial charge in [0.1, 0.15) is 11.0 Å². The molecule has 2 aromatic heterocycles. The van der Waals surface area contributed by atoms with Gasteiger partial charge in [-0.05, 0) is 47.2 Å². The number of aromatic amines is 1. The number of hydrogen-bond donors (Lipinski definition) is 1. The van der Waals surface area contributed by atoms with E-state index in [0.717, 1.165) is 21.6 Å². The van der Waals surface area contributed by atoms with Crippen LogP contribution in [-0.4, -0.2) is 9.55 Å². The van der Waals surface area contributed by atoms with E-state index in [2.05, 4.69) is 69.3 Å². The number of halogens is 2. The number of rotatable bonds is 3. The molecule has 0 aliphatic carbocycles. The summed E-state index contributed by atoms with van der Waals surface area (Å²) >= 11 is 6.75. The molecule has 0 spiro atoms.